The van der Waals surface area contributed by atoms with Crippen molar-refractivity contribution in [1.82, 2.24) is 9.80 Å². The third kappa shape index (κ3) is 3.75. The summed E-state index contributed by atoms with van der Waals surface area (Å²) in [6.07, 6.45) is 2.42. The smallest absolute Gasteiger partial charge is 0.128 e. The zero-order valence-electron chi connectivity index (χ0n) is 11.9. The third-order valence-electron chi connectivity index (χ3n) is 3.96. The van der Waals surface area contributed by atoms with Crippen LogP contribution in [0.5, 0.6) is 0 Å². The highest BCUT2D eigenvalue weighted by molar-refractivity contribution is 5.24. The number of hydrogen-bond donors (Lipinski definition) is 1. The van der Waals surface area contributed by atoms with E-state index in [0.717, 1.165) is 24.2 Å². The van der Waals surface area contributed by atoms with E-state index in [9.17, 15) is 4.39 Å². The van der Waals surface area contributed by atoms with E-state index in [0.29, 0.717) is 19.1 Å². The Labute approximate surface area is 115 Å². The molecule has 1 aliphatic heterocycles. The van der Waals surface area contributed by atoms with E-state index in [-0.39, 0.29) is 5.82 Å². The van der Waals surface area contributed by atoms with Crippen molar-refractivity contribution in [3.8, 4) is 0 Å². The van der Waals surface area contributed by atoms with Gasteiger partial charge >= 0.3 is 0 Å². The van der Waals surface area contributed by atoms with Crippen LogP contribution in [-0.2, 0) is 13.1 Å². The molecule has 3 nitrogen and oxygen atoms in total. The number of rotatable bonds is 4. The van der Waals surface area contributed by atoms with Gasteiger partial charge in [-0.1, -0.05) is 12.1 Å². The number of likely N-dealkylation sites (tertiary alicyclic amines) is 1. The molecule has 1 aromatic carbocycles. The average molecular weight is 265 g/mol. The molecule has 1 saturated heterocycles. The van der Waals surface area contributed by atoms with E-state index >= 15 is 0 Å². The molecule has 0 aromatic heterocycles. The lowest BCUT2D eigenvalue weighted by Gasteiger charge is -2.36. The van der Waals surface area contributed by atoms with Gasteiger partial charge in [0.1, 0.15) is 5.82 Å². The van der Waals surface area contributed by atoms with E-state index in [1.54, 1.807) is 6.07 Å². The summed E-state index contributed by atoms with van der Waals surface area (Å²) in [6, 6.07) is 5.94. The first-order chi connectivity index (χ1) is 9.10. The Hall–Kier alpha value is -0.970. The van der Waals surface area contributed by atoms with Crippen LogP contribution in [0.2, 0.25) is 0 Å². The second kappa shape index (κ2) is 6.46. The number of piperidine rings is 1. The first-order valence-electron chi connectivity index (χ1n) is 6.96. The molecular weight excluding hydrogens is 241 g/mol. The first kappa shape index (κ1) is 14.4. The summed E-state index contributed by atoms with van der Waals surface area (Å²) in [7, 11) is 4.23. The maximum absolute atomic E-state index is 14.0. The molecule has 1 aromatic rings. The topological polar surface area (TPSA) is 32.5 Å². The lowest BCUT2D eigenvalue weighted by molar-refractivity contribution is 0.127. The molecule has 1 heterocycles. The van der Waals surface area contributed by atoms with Gasteiger partial charge in [-0.05, 0) is 45.1 Å². The molecule has 4 heteroatoms. The van der Waals surface area contributed by atoms with Gasteiger partial charge in [0.2, 0.25) is 0 Å². The minimum atomic E-state index is -0.130. The molecule has 0 bridgehead atoms. The predicted molar refractivity (Wildman–Crippen MR) is 76.3 cm³/mol. The first-order valence-corrected chi connectivity index (χ1v) is 6.96. The highest BCUT2D eigenvalue weighted by atomic mass is 19.1. The van der Waals surface area contributed by atoms with Crippen molar-refractivity contribution in [2.75, 3.05) is 27.2 Å². The largest absolute Gasteiger partial charge is 0.326 e. The minimum Gasteiger partial charge on any atom is -0.326 e. The van der Waals surface area contributed by atoms with Gasteiger partial charge in [-0.2, -0.15) is 0 Å². The number of benzene rings is 1. The van der Waals surface area contributed by atoms with Crippen LogP contribution in [0, 0.1) is 5.82 Å². The van der Waals surface area contributed by atoms with Gasteiger partial charge in [-0.15, -0.1) is 0 Å². The maximum Gasteiger partial charge on any atom is 0.128 e. The van der Waals surface area contributed by atoms with Crippen LogP contribution in [0.25, 0.3) is 0 Å². The highest BCUT2D eigenvalue weighted by Gasteiger charge is 2.21. The van der Waals surface area contributed by atoms with E-state index in [2.05, 4.69) is 23.9 Å². The average Bonchev–Trinajstić information content (AvgIpc) is 2.41. The molecule has 0 saturated carbocycles. The molecule has 1 unspecified atom stereocenters. The van der Waals surface area contributed by atoms with E-state index < -0.39 is 0 Å². The van der Waals surface area contributed by atoms with Gasteiger partial charge in [-0.25, -0.2) is 4.39 Å². The van der Waals surface area contributed by atoms with Crippen LogP contribution in [0.1, 0.15) is 24.0 Å². The molecule has 0 aliphatic carbocycles. The van der Waals surface area contributed by atoms with Crippen molar-refractivity contribution >= 4 is 0 Å². The molecule has 2 N–H and O–H groups in total. The third-order valence-corrected chi connectivity index (χ3v) is 3.96. The van der Waals surface area contributed by atoms with Crippen molar-refractivity contribution < 1.29 is 4.39 Å². The molecule has 1 aliphatic rings. The summed E-state index contributed by atoms with van der Waals surface area (Å²) in [6.45, 7) is 3.16. The van der Waals surface area contributed by atoms with Crippen LogP contribution in [-0.4, -0.2) is 43.0 Å². The van der Waals surface area contributed by atoms with Crippen LogP contribution >= 0.6 is 0 Å². The Morgan fingerprint density at radius 2 is 2.21 bits per heavy atom. The standard InChI is InChI=1S/C15H24FN3/c1-18(2)14-4-3-7-19(11-14)10-13-6-5-12(9-17)8-15(13)16/h5-6,8,14H,3-4,7,9-11,17H2,1-2H3. The maximum atomic E-state index is 14.0. The van der Waals surface area contributed by atoms with Crippen molar-refractivity contribution in [2.45, 2.75) is 32.0 Å². The SMILES string of the molecule is CN(C)C1CCCN(Cc2ccc(CN)cc2F)C1. The fraction of sp³-hybridized carbons (Fsp3) is 0.600. The zero-order valence-corrected chi connectivity index (χ0v) is 11.9. The fourth-order valence-corrected chi connectivity index (χ4v) is 2.68. The van der Waals surface area contributed by atoms with Crippen LogP contribution in [0.3, 0.4) is 0 Å². The van der Waals surface area contributed by atoms with Crippen molar-refractivity contribution in [1.29, 1.82) is 0 Å². The molecule has 0 spiro atoms. The Morgan fingerprint density at radius 1 is 1.42 bits per heavy atom. The van der Waals surface area contributed by atoms with Gasteiger partial charge in [0.25, 0.3) is 0 Å². The summed E-state index contributed by atoms with van der Waals surface area (Å²) >= 11 is 0. The quantitative estimate of drug-likeness (QED) is 0.901. The fourth-order valence-electron chi connectivity index (χ4n) is 2.68. The van der Waals surface area contributed by atoms with Crippen LogP contribution < -0.4 is 5.73 Å². The lowest BCUT2D eigenvalue weighted by atomic mass is 10.0. The minimum absolute atomic E-state index is 0.130. The second-order valence-electron chi connectivity index (χ2n) is 5.62. The number of hydrogen-bond acceptors (Lipinski definition) is 3. The lowest BCUT2D eigenvalue weighted by Crippen LogP contribution is -2.44. The Bertz CT molecular complexity index is 420. The molecule has 1 fully saturated rings. The summed E-state index contributed by atoms with van der Waals surface area (Å²) in [5.41, 5.74) is 7.15. The van der Waals surface area contributed by atoms with Crippen molar-refractivity contribution in [3.63, 3.8) is 0 Å². The normalized spacial score (nSPS) is 21.0. The molecule has 0 amide bonds. The number of nitrogens with zero attached hydrogens (tertiary/aromatic N) is 2. The molecular formula is C15H24FN3. The highest BCUT2D eigenvalue weighted by Crippen LogP contribution is 2.18. The molecule has 1 atom stereocenters. The Kier molecular flexibility index (Phi) is 4.91. The summed E-state index contributed by atoms with van der Waals surface area (Å²) in [4.78, 5) is 4.61. The monoisotopic (exact) mass is 265 g/mol. The summed E-state index contributed by atoms with van der Waals surface area (Å²) in [5.74, 6) is -0.130. The van der Waals surface area contributed by atoms with E-state index in [4.69, 9.17) is 5.73 Å². The number of likely N-dealkylation sites (N-methyl/N-ethyl adjacent to an activating group) is 1. The van der Waals surface area contributed by atoms with E-state index in [1.165, 1.54) is 12.8 Å². The molecule has 2 rings (SSSR count). The second-order valence-corrected chi connectivity index (χ2v) is 5.62. The zero-order chi connectivity index (χ0) is 13.8. The summed E-state index contributed by atoms with van der Waals surface area (Å²) in [5, 5.41) is 0. The van der Waals surface area contributed by atoms with Gasteiger partial charge in [-0.3, -0.25) is 4.90 Å². The van der Waals surface area contributed by atoms with Gasteiger partial charge < -0.3 is 10.6 Å². The van der Waals surface area contributed by atoms with E-state index in [1.807, 2.05) is 12.1 Å². The van der Waals surface area contributed by atoms with Crippen molar-refractivity contribution in [2.24, 2.45) is 5.73 Å². The number of nitrogens with two attached hydrogens (primary N) is 1. The van der Waals surface area contributed by atoms with Gasteiger partial charge in [0.05, 0.1) is 0 Å². The Morgan fingerprint density at radius 3 is 2.84 bits per heavy atom. The summed E-state index contributed by atoms with van der Waals surface area (Å²) < 4.78 is 14.0. The Balaban J connectivity index is 2.00. The van der Waals surface area contributed by atoms with Gasteiger partial charge in [0.15, 0.2) is 0 Å². The van der Waals surface area contributed by atoms with Crippen molar-refractivity contribution in [3.05, 3.63) is 35.1 Å². The molecule has 19 heavy (non-hydrogen) atoms. The number of halogens is 1. The van der Waals surface area contributed by atoms with Crippen LogP contribution in [0.15, 0.2) is 18.2 Å². The van der Waals surface area contributed by atoms with Crippen LogP contribution in [0.4, 0.5) is 4.39 Å². The van der Waals surface area contributed by atoms with Gasteiger partial charge in [0, 0.05) is 31.2 Å². The molecule has 0 radical (unpaired) electrons. The predicted octanol–water partition coefficient (Wildman–Crippen LogP) is 1.81. The molecule has 106 valence electrons.